The van der Waals surface area contributed by atoms with Gasteiger partial charge in [0.25, 0.3) is 115 Å². The zero-order valence-electron chi connectivity index (χ0n) is 82.7. The van der Waals surface area contributed by atoms with Crippen molar-refractivity contribution in [3.8, 4) is 17.6 Å². The maximum atomic E-state index is 10.7. The third-order valence-electron chi connectivity index (χ3n) is 24.1. The smallest absolute Gasteiger partial charge is 0.309 e. The Morgan fingerprint density at radius 1 is 0.373 bits per heavy atom. The second-order valence-corrected chi connectivity index (χ2v) is 49.6. The summed E-state index contributed by atoms with van der Waals surface area (Å²) in [6, 6.07) is 26.6. The van der Waals surface area contributed by atoms with Gasteiger partial charge in [-0.25, -0.2) is 83.2 Å². The molecule has 7 atom stereocenters. The van der Waals surface area contributed by atoms with Gasteiger partial charge in [-0.3, -0.25) is 75.7 Å². The highest BCUT2D eigenvalue weighted by atomic mass is 32.2. The Hall–Kier alpha value is -7.86. The fourth-order valence-corrected chi connectivity index (χ4v) is 20.6. The minimum absolute atomic E-state index is 0.232. The lowest BCUT2D eigenvalue weighted by Gasteiger charge is -2.31. The Morgan fingerprint density at radius 3 is 1.10 bits per heavy atom. The molecule has 42 nitrogen and oxygen atoms in total. The zero-order valence-corrected chi connectivity index (χ0v) is 89.3. The van der Waals surface area contributed by atoms with E-state index in [1.807, 2.05) is 79.7 Å². The molecule has 0 saturated heterocycles. The largest absolute Gasteiger partial charge is 0.493 e. The molecule has 5 saturated carbocycles. The highest BCUT2D eigenvalue weighted by molar-refractivity contribution is 7.87. The Kier molecular flexibility index (Phi) is 59.8. The first-order valence-corrected chi connectivity index (χ1v) is 59.9. The third-order valence-corrected chi connectivity index (χ3v) is 30.5. The van der Waals surface area contributed by atoms with Crippen molar-refractivity contribution in [1.82, 2.24) is 42.5 Å². The molecule has 7 unspecified atom stereocenters. The quantitative estimate of drug-likeness (QED) is 0.0142. The summed E-state index contributed by atoms with van der Waals surface area (Å²) >= 11 is 0. The Bertz CT molecular complexity index is 5620. The van der Waals surface area contributed by atoms with Crippen molar-refractivity contribution >= 4 is 80.9 Å². The van der Waals surface area contributed by atoms with Gasteiger partial charge in [0.05, 0.1) is 90.6 Å². The summed E-state index contributed by atoms with van der Waals surface area (Å²) in [7, 11) is -28.1. The maximum Gasteiger partial charge on any atom is 0.309 e. The van der Waals surface area contributed by atoms with E-state index in [0.29, 0.717) is 127 Å². The topological polar surface area (TPSA) is 604 Å². The van der Waals surface area contributed by atoms with Crippen molar-refractivity contribution in [2.75, 3.05) is 113 Å². The maximum absolute atomic E-state index is 10.7. The average molecular weight is 2150 g/mol. The number of nitriles is 1. The summed E-state index contributed by atoms with van der Waals surface area (Å²) in [6.45, 7) is 64.2. The fourth-order valence-electron chi connectivity index (χ4n) is 16.5. The molecule has 142 heavy (non-hydrogen) atoms. The lowest BCUT2D eigenvalue weighted by Crippen LogP contribution is -2.47. The number of hydrogen-bond donors (Lipinski definition) is 16. The van der Waals surface area contributed by atoms with Crippen LogP contribution in [-0.4, -0.2) is 256 Å². The van der Waals surface area contributed by atoms with Crippen molar-refractivity contribution in [3.63, 3.8) is 0 Å². The molecule has 16 N–H and O–H groups in total. The molecule has 50 heteroatoms. The SMILES string of the molecule is CC(C#N)(CC1CCCCC1)NCCCS(=O)(=O)O.[C-]#[N+]C(C)(C)NCCCS(=O)(=O)O.[C-]#[N+]C(C)(Cc1ccc(OC)c(OC)c1)NCCCS(=O)(=O)O.[C-]#[N+]C(C)(Cc1ccccc1)NCCCS(=O)(=O)O.[C-]#[N+]C(C)(NCCCS(=O)(=O)O)c1ccccc1.[C-]#[N+]C1(NCCCS(=O)(=O)O)CCC2CCCCC21.[C-]#[N+]C1(NCCCS(=O)(=O)O)CCCC1.[C-]#[N+]C1(NCCCS(=O)(=O)O)CCCCC1. The monoisotopic (exact) mass is 2150 g/mol. The van der Waals surface area contributed by atoms with Crippen molar-refractivity contribution in [2.45, 2.75) is 286 Å². The van der Waals surface area contributed by atoms with E-state index in [2.05, 4.69) is 82.5 Å². The fraction of sp³-hybridized carbons (Fsp3) is 0.717. The van der Waals surface area contributed by atoms with E-state index in [4.69, 9.17) is 91.9 Å². The molecular formula is C92H150N16O26S8. The van der Waals surface area contributed by atoms with E-state index in [9.17, 15) is 72.6 Å². The van der Waals surface area contributed by atoms with Crippen LogP contribution >= 0.6 is 0 Å². The minimum atomic E-state index is -3.97. The molecule has 3 aromatic rings. The number of methoxy groups -OCH3 is 2. The molecule has 0 spiro atoms. The second kappa shape index (κ2) is 64.3. The van der Waals surface area contributed by atoms with Gasteiger partial charge >= 0.3 is 5.66 Å². The molecule has 5 aliphatic carbocycles. The molecule has 0 heterocycles. The van der Waals surface area contributed by atoms with E-state index >= 15 is 0 Å². The summed E-state index contributed by atoms with van der Waals surface area (Å²) in [6.07, 6.45) is 25.9. The van der Waals surface area contributed by atoms with E-state index in [0.717, 1.165) is 93.7 Å². The van der Waals surface area contributed by atoms with Crippen LogP contribution in [-0.2, 0) is 99.4 Å². The van der Waals surface area contributed by atoms with Gasteiger partial charge in [0.1, 0.15) is 5.54 Å². The van der Waals surface area contributed by atoms with Gasteiger partial charge in [0, 0.05) is 113 Å². The van der Waals surface area contributed by atoms with Crippen molar-refractivity contribution in [1.29, 1.82) is 5.26 Å². The number of nitrogens with one attached hydrogen (secondary N) is 8. The van der Waals surface area contributed by atoms with Gasteiger partial charge in [0.2, 0.25) is 0 Å². The van der Waals surface area contributed by atoms with E-state index in [1.54, 1.807) is 54.9 Å². The van der Waals surface area contributed by atoms with Crippen molar-refractivity contribution < 1.29 is 113 Å². The van der Waals surface area contributed by atoms with Crippen LogP contribution in [0.4, 0.5) is 0 Å². The Morgan fingerprint density at radius 2 is 0.725 bits per heavy atom. The first kappa shape index (κ1) is 132. The summed E-state index contributed by atoms with van der Waals surface area (Å²) < 4.78 is 248. The molecule has 0 aliphatic heterocycles. The van der Waals surface area contributed by atoms with Crippen LogP contribution in [0.1, 0.15) is 244 Å². The molecule has 0 radical (unpaired) electrons. The Labute approximate surface area is 845 Å². The first-order chi connectivity index (χ1) is 66.0. The summed E-state index contributed by atoms with van der Waals surface area (Å²) in [5.74, 6) is 0.704. The third kappa shape index (κ3) is 61.6. The Balaban J connectivity index is 0.000000815. The van der Waals surface area contributed by atoms with Gasteiger partial charge in [-0.1, -0.05) is 106 Å². The summed E-state index contributed by atoms with van der Waals surface area (Å²) in [4.78, 5) is 25.1. The number of ether oxygens (including phenoxy) is 2. The van der Waals surface area contributed by atoms with Gasteiger partial charge in [0.15, 0.2) is 11.5 Å². The van der Waals surface area contributed by atoms with E-state index in [-0.39, 0.29) is 65.3 Å². The highest BCUT2D eigenvalue weighted by Crippen LogP contribution is 2.49. The summed E-state index contributed by atoms with van der Waals surface area (Å²) in [5, 5.41) is 33.9. The average Bonchev–Trinajstić information content (AvgIpc) is 1.63. The standard InChI is InChI=1S/C15H22N2O5S.C13H22N2O3S.C13H18N2O3S.C13H24N2O3S.C12H16N2O3S.C10H18N2O3S.C9H16N2O3S.C7H14N2O3S/c1-15(16-2,17-8-5-9-23(18,19)20)11-12-6-7-13(21-3)14(10-12)22-4;1-14-13(15-9-4-10-19(16,17)18)8-7-11-5-2-3-6-12(11)13;1-13(14-2,11-12-7-4-3-5-8-12)15-9-6-10-19(16,17)18;1-13(11-14,10-12-6-3-2-4-7-12)15-8-5-9-19(16,17)18;1-12(13-2,11-7-4-3-5-8-11)14-9-6-10-18(15,16)17;1-11-10(6-3-2-4-7-10)12-8-5-9-16(13,14)15;1-10-9(5-2-3-6-9)11-7-4-8-15(12,13)14;1-7(2,8-3)9-5-4-6-13(10,11)12/h6-7,10,17H,5,8-9,11H2,1,3-4H3,(H,18,19,20);11-12,15H,2-10H2,(H,16,17,18);3-5,7-8,15H,6,9-11H2,1H3,(H,16,17,18);12,15H,2-10H2,1H3,(H,16,17,18);3-5,7-8,14H,6,9-10H2,1H3,(H,15,16,17);12H,2-9H2,(H,13,14,15);11H,2-8H2,(H,12,13,14);9H,4-6H2,1-2H3,(H,10,11,12). The van der Waals surface area contributed by atoms with Gasteiger partial charge in [-0.2, -0.15) is 72.6 Å². The number of benzene rings is 3. The van der Waals surface area contributed by atoms with Crippen LogP contribution in [0.3, 0.4) is 0 Å². The van der Waals surface area contributed by atoms with Crippen LogP contribution in [0.5, 0.6) is 11.5 Å². The number of rotatable bonds is 49. The zero-order chi connectivity index (χ0) is 108. The number of nitrogens with zero attached hydrogens (tertiary/aromatic N) is 8. The predicted octanol–water partition coefficient (Wildman–Crippen LogP) is 12.3. The molecule has 802 valence electrons. The predicted molar refractivity (Wildman–Crippen MR) is 546 cm³/mol. The van der Waals surface area contributed by atoms with Crippen LogP contribution < -0.4 is 52.0 Å². The lowest BCUT2D eigenvalue weighted by molar-refractivity contribution is 0.198. The molecule has 0 bridgehead atoms. The number of fused-ring (bicyclic) bond motifs is 1. The molecule has 3 aromatic carbocycles. The summed E-state index contributed by atoms with van der Waals surface area (Å²) in [5.41, 5.74) is -2.46. The molecule has 0 amide bonds. The minimum Gasteiger partial charge on any atom is -0.493 e. The molecule has 5 aliphatic rings. The van der Waals surface area contributed by atoms with Crippen LogP contribution in [0.2, 0.25) is 0 Å². The molecule has 0 aromatic heterocycles. The first-order valence-electron chi connectivity index (χ1n) is 47.0. The highest BCUT2D eigenvalue weighted by Gasteiger charge is 2.54. The van der Waals surface area contributed by atoms with Crippen molar-refractivity contribution in [3.05, 3.63) is 175 Å². The number of hydrogen-bond acceptors (Lipinski definition) is 27. The van der Waals surface area contributed by atoms with Gasteiger partial charge in [-0.15, -0.1) is 0 Å². The molecule has 5 fully saturated rings. The molecular weight excluding hydrogens is 2000 g/mol. The van der Waals surface area contributed by atoms with Crippen LogP contribution in [0.15, 0.2) is 78.9 Å². The van der Waals surface area contributed by atoms with E-state index in [1.165, 1.54) is 57.8 Å². The van der Waals surface area contributed by atoms with Gasteiger partial charge < -0.3 is 9.47 Å². The van der Waals surface area contributed by atoms with Crippen molar-refractivity contribution in [2.24, 2.45) is 17.8 Å². The van der Waals surface area contributed by atoms with E-state index < -0.39 is 126 Å². The van der Waals surface area contributed by atoms with Crippen LogP contribution in [0, 0.1) is 75.1 Å². The lowest BCUT2D eigenvalue weighted by atomic mass is 9.78. The van der Waals surface area contributed by atoms with Gasteiger partial charge in [-0.05, 0) is 163 Å². The van der Waals surface area contributed by atoms with Crippen LogP contribution in [0.25, 0.3) is 33.9 Å². The molecule has 8 rings (SSSR count). The second-order valence-electron chi connectivity index (χ2n) is 37.0. The normalized spacial score (nSPS) is 19.0.